The van der Waals surface area contributed by atoms with Crippen LogP contribution in [0.1, 0.15) is 17.2 Å². The van der Waals surface area contributed by atoms with Crippen LogP contribution in [0.25, 0.3) is 0 Å². The molecule has 132 valence electrons. The molecule has 0 radical (unpaired) electrons. The van der Waals surface area contributed by atoms with Crippen molar-refractivity contribution in [3.63, 3.8) is 0 Å². The SMILES string of the molecule is COc1ccc(CNN2C(=O)[C@@H](OC)[C@H]2c2ccc(OC)cc2)cc1. The van der Waals surface area contributed by atoms with Crippen LogP contribution in [0.3, 0.4) is 0 Å². The summed E-state index contributed by atoms with van der Waals surface area (Å²) in [6, 6.07) is 15.2. The number of nitrogens with one attached hydrogen (secondary N) is 1. The van der Waals surface area contributed by atoms with Crippen molar-refractivity contribution in [1.29, 1.82) is 0 Å². The Balaban J connectivity index is 1.70. The van der Waals surface area contributed by atoms with Crippen LogP contribution in [0.15, 0.2) is 48.5 Å². The van der Waals surface area contributed by atoms with Gasteiger partial charge in [-0.2, -0.15) is 0 Å². The number of amides is 1. The monoisotopic (exact) mass is 342 g/mol. The Bertz CT molecular complexity index is 715. The summed E-state index contributed by atoms with van der Waals surface area (Å²) >= 11 is 0. The van der Waals surface area contributed by atoms with Crippen molar-refractivity contribution >= 4 is 5.91 Å². The molecule has 2 atom stereocenters. The summed E-state index contributed by atoms with van der Waals surface area (Å²) in [6.45, 7) is 0.540. The summed E-state index contributed by atoms with van der Waals surface area (Å²) in [4.78, 5) is 12.3. The molecule has 0 unspecified atom stereocenters. The van der Waals surface area contributed by atoms with Gasteiger partial charge in [0.1, 0.15) is 17.5 Å². The summed E-state index contributed by atoms with van der Waals surface area (Å²) < 4.78 is 15.7. The first-order valence-electron chi connectivity index (χ1n) is 8.04. The smallest absolute Gasteiger partial charge is 0.269 e. The van der Waals surface area contributed by atoms with E-state index in [1.54, 1.807) is 26.3 Å². The summed E-state index contributed by atoms with van der Waals surface area (Å²) in [5.41, 5.74) is 5.25. The highest BCUT2D eigenvalue weighted by atomic mass is 16.5. The van der Waals surface area contributed by atoms with Crippen molar-refractivity contribution < 1.29 is 19.0 Å². The zero-order chi connectivity index (χ0) is 17.8. The summed E-state index contributed by atoms with van der Waals surface area (Å²) in [6.07, 6.45) is -0.475. The Kier molecular flexibility index (Phi) is 5.21. The highest BCUT2D eigenvalue weighted by Gasteiger charge is 2.48. The minimum Gasteiger partial charge on any atom is -0.497 e. The lowest BCUT2D eigenvalue weighted by Gasteiger charge is -2.46. The van der Waals surface area contributed by atoms with Crippen LogP contribution in [-0.4, -0.2) is 38.3 Å². The predicted octanol–water partition coefficient (Wildman–Crippen LogP) is 2.31. The highest BCUT2D eigenvalue weighted by Crippen LogP contribution is 2.35. The molecule has 1 aliphatic heterocycles. The average Bonchev–Trinajstić information content (AvgIpc) is 2.67. The topological polar surface area (TPSA) is 60.0 Å². The lowest BCUT2D eigenvalue weighted by Crippen LogP contribution is -2.64. The first-order valence-corrected chi connectivity index (χ1v) is 8.04. The minimum atomic E-state index is -0.475. The molecule has 2 aromatic rings. The molecule has 6 heteroatoms. The van der Waals surface area contributed by atoms with E-state index in [0.717, 1.165) is 22.6 Å². The van der Waals surface area contributed by atoms with Crippen molar-refractivity contribution in [1.82, 2.24) is 10.4 Å². The zero-order valence-electron chi connectivity index (χ0n) is 14.6. The molecular weight excluding hydrogens is 320 g/mol. The molecule has 1 fully saturated rings. The van der Waals surface area contributed by atoms with Gasteiger partial charge in [-0.1, -0.05) is 24.3 Å². The molecular formula is C19H22N2O4. The molecule has 1 amide bonds. The van der Waals surface area contributed by atoms with Gasteiger partial charge >= 0.3 is 0 Å². The van der Waals surface area contributed by atoms with Gasteiger partial charge in [-0.15, -0.1) is 0 Å². The number of nitrogens with zero attached hydrogens (tertiary/aromatic N) is 1. The summed E-state index contributed by atoms with van der Waals surface area (Å²) in [7, 11) is 4.82. The van der Waals surface area contributed by atoms with Crippen molar-refractivity contribution in [2.75, 3.05) is 21.3 Å². The van der Waals surface area contributed by atoms with Gasteiger partial charge in [-0.3, -0.25) is 9.80 Å². The van der Waals surface area contributed by atoms with Gasteiger partial charge in [0, 0.05) is 13.7 Å². The van der Waals surface area contributed by atoms with E-state index in [2.05, 4.69) is 5.43 Å². The molecule has 2 aromatic carbocycles. The lowest BCUT2D eigenvalue weighted by molar-refractivity contribution is -0.179. The van der Waals surface area contributed by atoms with Crippen LogP contribution >= 0.6 is 0 Å². The highest BCUT2D eigenvalue weighted by molar-refractivity contribution is 5.88. The van der Waals surface area contributed by atoms with Crippen LogP contribution in [0.5, 0.6) is 11.5 Å². The first kappa shape index (κ1) is 17.3. The van der Waals surface area contributed by atoms with Gasteiger partial charge in [0.25, 0.3) is 5.91 Å². The van der Waals surface area contributed by atoms with Gasteiger partial charge in [-0.25, -0.2) is 5.43 Å². The van der Waals surface area contributed by atoms with Crippen molar-refractivity contribution in [2.24, 2.45) is 0 Å². The first-order chi connectivity index (χ1) is 12.2. The third kappa shape index (κ3) is 3.45. The molecule has 3 rings (SSSR count). The van der Waals surface area contributed by atoms with Crippen LogP contribution in [-0.2, 0) is 16.1 Å². The van der Waals surface area contributed by atoms with Gasteiger partial charge in [0.15, 0.2) is 6.10 Å². The van der Waals surface area contributed by atoms with E-state index in [-0.39, 0.29) is 11.9 Å². The molecule has 0 aromatic heterocycles. The van der Waals surface area contributed by atoms with E-state index < -0.39 is 6.10 Å². The Hall–Kier alpha value is -2.57. The zero-order valence-corrected chi connectivity index (χ0v) is 14.6. The number of hydrogen-bond acceptors (Lipinski definition) is 5. The van der Waals surface area contributed by atoms with Crippen LogP contribution in [0.4, 0.5) is 0 Å². The van der Waals surface area contributed by atoms with Crippen molar-refractivity contribution in [3.05, 3.63) is 59.7 Å². The fourth-order valence-electron chi connectivity index (χ4n) is 2.91. The number of ether oxygens (including phenoxy) is 3. The number of rotatable bonds is 7. The molecule has 0 saturated carbocycles. The molecule has 0 bridgehead atoms. The fraction of sp³-hybridized carbons (Fsp3) is 0.316. The van der Waals surface area contributed by atoms with Gasteiger partial charge in [0.2, 0.25) is 0 Å². The minimum absolute atomic E-state index is 0.0724. The second kappa shape index (κ2) is 7.55. The maximum Gasteiger partial charge on any atom is 0.269 e. The summed E-state index contributed by atoms with van der Waals surface area (Å²) in [5, 5.41) is 1.63. The van der Waals surface area contributed by atoms with Crippen LogP contribution < -0.4 is 14.9 Å². The molecule has 25 heavy (non-hydrogen) atoms. The Morgan fingerprint density at radius 3 is 2.00 bits per heavy atom. The van der Waals surface area contributed by atoms with E-state index in [9.17, 15) is 4.79 Å². The quantitative estimate of drug-likeness (QED) is 0.783. The molecule has 0 aliphatic carbocycles. The Labute approximate surface area is 147 Å². The van der Waals surface area contributed by atoms with E-state index in [4.69, 9.17) is 14.2 Å². The second-order valence-corrected chi connectivity index (χ2v) is 5.77. The number of benzene rings is 2. The molecule has 6 nitrogen and oxygen atoms in total. The molecule has 0 spiro atoms. The Morgan fingerprint density at radius 2 is 1.48 bits per heavy atom. The molecule has 1 aliphatic rings. The molecule has 1 saturated heterocycles. The lowest BCUT2D eigenvalue weighted by atomic mass is 9.92. The van der Waals surface area contributed by atoms with Gasteiger partial charge in [0.05, 0.1) is 14.2 Å². The fourth-order valence-corrected chi connectivity index (χ4v) is 2.91. The van der Waals surface area contributed by atoms with Crippen LogP contribution in [0.2, 0.25) is 0 Å². The predicted molar refractivity (Wildman–Crippen MR) is 93.2 cm³/mol. The molecule has 1 N–H and O–H groups in total. The number of carbonyl (C=O) groups is 1. The normalized spacial score (nSPS) is 19.5. The second-order valence-electron chi connectivity index (χ2n) is 5.77. The third-order valence-electron chi connectivity index (χ3n) is 4.37. The maximum absolute atomic E-state index is 12.3. The van der Waals surface area contributed by atoms with Gasteiger partial charge in [-0.05, 0) is 35.4 Å². The largest absolute Gasteiger partial charge is 0.497 e. The van der Waals surface area contributed by atoms with Crippen molar-refractivity contribution in [3.8, 4) is 11.5 Å². The van der Waals surface area contributed by atoms with E-state index in [1.807, 2.05) is 48.5 Å². The number of carbonyl (C=O) groups excluding carboxylic acids is 1. The Morgan fingerprint density at radius 1 is 0.920 bits per heavy atom. The van der Waals surface area contributed by atoms with Crippen molar-refractivity contribution in [2.45, 2.75) is 18.7 Å². The van der Waals surface area contributed by atoms with Gasteiger partial charge < -0.3 is 14.2 Å². The third-order valence-corrected chi connectivity index (χ3v) is 4.37. The number of methoxy groups -OCH3 is 3. The number of hydrazine groups is 1. The van der Waals surface area contributed by atoms with E-state index in [0.29, 0.717) is 6.54 Å². The number of β-lactam (4-membered cyclic amide) rings is 1. The average molecular weight is 342 g/mol. The standard InChI is InChI=1S/C19H22N2O4/c1-23-15-8-4-13(5-9-15)12-20-21-17(18(25-3)19(21)22)14-6-10-16(24-2)11-7-14/h4-11,17-18,20H,12H2,1-3H3/t17-,18+/m1/s1. The molecule has 1 heterocycles. The maximum atomic E-state index is 12.3. The van der Waals surface area contributed by atoms with Crippen LogP contribution in [0, 0.1) is 0 Å². The van der Waals surface area contributed by atoms with E-state index >= 15 is 0 Å². The number of hydrogen-bond donors (Lipinski definition) is 1. The summed E-state index contributed by atoms with van der Waals surface area (Å²) in [5.74, 6) is 1.51. The van der Waals surface area contributed by atoms with E-state index in [1.165, 1.54) is 0 Å².